The van der Waals surface area contributed by atoms with Crippen LogP contribution in [0.25, 0.3) is 0 Å². The fourth-order valence-corrected chi connectivity index (χ4v) is 2.91. The van der Waals surface area contributed by atoms with E-state index < -0.39 is 0 Å². The maximum absolute atomic E-state index is 9.60. The average molecular weight is 232 g/mol. The maximum Gasteiger partial charge on any atom is 0.0497 e. The lowest BCUT2D eigenvalue weighted by Gasteiger charge is -2.37. The molecule has 0 amide bonds. The zero-order chi connectivity index (χ0) is 12.3. The first-order chi connectivity index (χ1) is 8.27. The molecule has 2 heteroatoms. The summed E-state index contributed by atoms with van der Waals surface area (Å²) in [6.07, 6.45) is 4.20. The van der Waals surface area contributed by atoms with Crippen molar-refractivity contribution in [3.8, 4) is 0 Å². The Morgan fingerprint density at radius 3 is 2.29 bits per heavy atom. The SMILES string of the molecule is C[C@H]1C=C[C@@H](CO)[C@H](CO)[C@H]1c1ccccc1. The summed E-state index contributed by atoms with van der Waals surface area (Å²) in [5, 5.41) is 19.0. The third-order valence-corrected chi connectivity index (χ3v) is 3.85. The van der Waals surface area contributed by atoms with Crippen LogP contribution in [-0.2, 0) is 0 Å². The fourth-order valence-electron chi connectivity index (χ4n) is 2.91. The van der Waals surface area contributed by atoms with E-state index in [9.17, 15) is 10.2 Å². The van der Waals surface area contributed by atoms with Crippen molar-refractivity contribution >= 4 is 0 Å². The van der Waals surface area contributed by atoms with E-state index in [2.05, 4.69) is 25.1 Å². The van der Waals surface area contributed by atoms with Crippen LogP contribution in [0, 0.1) is 17.8 Å². The third-order valence-electron chi connectivity index (χ3n) is 3.85. The Morgan fingerprint density at radius 1 is 1.00 bits per heavy atom. The van der Waals surface area contributed by atoms with Crippen LogP contribution in [0.2, 0.25) is 0 Å². The molecule has 0 saturated carbocycles. The standard InChI is InChI=1S/C15H20O2/c1-11-7-8-13(9-16)14(10-17)15(11)12-5-3-2-4-6-12/h2-8,11,13-17H,9-10H2,1H3/t11-,13-,14-,15+/m0/s1. The molecule has 2 N–H and O–H groups in total. The second-order valence-corrected chi connectivity index (χ2v) is 4.87. The Labute approximate surface area is 103 Å². The van der Waals surface area contributed by atoms with Gasteiger partial charge in [-0.25, -0.2) is 0 Å². The predicted octanol–water partition coefficient (Wildman–Crippen LogP) is 2.19. The van der Waals surface area contributed by atoms with Crippen LogP contribution in [0.3, 0.4) is 0 Å². The summed E-state index contributed by atoms with van der Waals surface area (Å²) in [5.41, 5.74) is 1.25. The van der Waals surface area contributed by atoms with Crippen LogP contribution in [0.4, 0.5) is 0 Å². The molecule has 1 aromatic carbocycles. The second-order valence-electron chi connectivity index (χ2n) is 4.87. The predicted molar refractivity (Wildman–Crippen MR) is 68.6 cm³/mol. The van der Waals surface area contributed by atoms with E-state index in [4.69, 9.17) is 0 Å². The zero-order valence-electron chi connectivity index (χ0n) is 10.2. The molecule has 0 aromatic heterocycles. The van der Waals surface area contributed by atoms with Gasteiger partial charge >= 0.3 is 0 Å². The molecule has 1 aliphatic carbocycles. The van der Waals surface area contributed by atoms with Crippen molar-refractivity contribution in [2.24, 2.45) is 17.8 Å². The van der Waals surface area contributed by atoms with Gasteiger partial charge in [-0.3, -0.25) is 0 Å². The number of hydrogen-bond donors (Lipinski definition) is 2. The fraction of sp³-hybridized carbons (Fsp3) is 0.467. The second kappa shape index (κ2) is 5.48. The summed E-state index contributed by atoms with van der Waals surface area (Å²) in [4.78, 5) is 0. The molecule has 0 aliphatic heterocycles. The molecule has 0 radical (unpaired) electrons. The summed E-state index contributed by atoms with van der Waals surface area (Å²) in [6.45, 7) is 2.40. The van der Waals surface area contributed by atoms with Crippen LogP contribution in [0.5, 0.6) is 0 Å². The number of rotatable bonds is 3. The molecule has 0 fully saturated rings. The number of allylic oxidation sites excluding steroid dienone is 1. The van der Waals surface area contributed by atoms with Crippen LogP contribution in [0.1, 0.15) is 18.4 Å². The van der Waals surface area contributed by atoms with Crippen molar-refractivity contribution < 1.29 is 10.2 Å². The Balaban J connectivity index is 2.33. The molecule has 0 unspecified atom stereocenters. The summed E-state index contributed by atoms with van der Waals surface area (Å²) in [5.74, 6) is 0.879. The highest BCUT2D eigenvalue weighted by Gasteiger charge is 2.34. The topological polar surface area (TPSA) is 40.5 Å². The van der Waals surface area contributed by atoms with E-state index >= 15 is 0 Å². The van der Waals surface area contributed by atoms with Gasteiger partial charge in [-0.05, 0) is 23.3 Å². The Kier molecular flexibility index (Phi) is 3.97. The minimum absolute atomic E-state index is 0.0707. The van der Waals surface area contributed by atoms with Gasteiger partial charge in [0.05, 0.1) is 0 Å². The zero-order valence-corrected chi connectivity index (χ0v) is 10.2. The molecule has 0 heterocycles. The Morgan fingerprint density at radius 2 is 1.71 bits per heavy atom. The van der Waals surface area contributed by atoms with Gasteiger partial charge in [0.25, 0.3) is 0 Å². The van der Waals surface area contributed by atoms with E-state index in [1.54, 1.807) is 0 Å². The summed E-state index contributed by atoms with van der Waals surface area (Å²) < 4.78 is 0. The largest absolute Gasteiger partial charge is 0.396 e. The van der Waals surface area contributed by atoms with Crippen LogP contribution < -0.4 is 0 Å². The first kappa shape index (κ1) is 12.3. The number of hydrogen-bond acceptors (Lipinski definition) is 2. The van der Waals surface area contributed by atoms with E-state index in [0.717, 1.165) is 0 Å². The number of benzene rings is 1. The average Bonchev–Trinajstić information content (AvgIpc) is 2.39. The quantitative estimate of drug-likeness (QED) is 0.784. The summed E-state index contributed by atoms with van der Waals surface area (Å²) in [7, 11) is 0. The van der Waals surface area contributed by atoms with Crippen LogP contribution in [-0.4, -0.2) is 23.4 Å². The Bertz CT molecular complexity index is 372. The highest BCUT2D eigenvalue weighted by molar-refractivity contribution is 5.25. The molecular formula is C15H20O2. The smallest absolute Gasteiger partial charge is 0.0497 e. The molecule has 0 bridgehead atoms. The lowest BCUT2D eigenvalue weighted by molar-refractivity contribution is 0.108. The molecular weight excluding hydrogens is 212 g/mol. The lowest BCUT2D eigenvalue weighted by atomic mass is 9.68. The van der Waals surface area contributed by atoms with Gasteiger partial charge < -0.3 is 10.2 Å². The normalized spacial score (nSPS) is 32.6. The molecule has 17 heavy (non-hydrogen) atoms. The minimum Gasteiger partial charge on any atom is -0.396 e. The van der Waals surface area contributed by atoms with Gasteiger partial charge in [-0.15, -0.1) is 0 Å². The molecule has 92 valence electrons. The van der Waals surface area contributed by atoms with Gasteiger partial charge in [-0.1, -0.05) is 49.4 Å². The molecule has 1 aliphatic rings. The van der Waals surface area contributed by atoms with Gasteiger partial charge in [0.2, 0.25) is 0 Å². The van der Waals surface area contributed by atoms with E-state index in [-0.39, 0.29) is 25.0 Å². The first-order valence-electron chi connectivity index (χ1n) is 6.23. The van der Waals surface area contributed by atoms with E-state index in [1.807, 2.05) is 24.3 Å². The molecule has 0 saturated heterocycles. The number of aliphatic hydroxyl groups excluding tert-OH is 2. The van der Waals surface area contributed by atoms with Crippen molar-refractivity contribution in [3.05, 3.63) is 48.0 Å². The van der Waals surface area contributed by atoms with E-state index in [1.165, 1.54) is 5.56 Å². The van der Waals surface area contributed by atoms with Gasteiger partial charge in [0.1, 0.15) is 0 Å². The maximum atomic E-state index is 9.60. The third kappa shape index (κ3) is 2.43. The summed E-state index contributed by atoms with van der Waals surface area (Å²) in [6, 6.07) is 10.3. The first-order valence-corrected chi connectivity index (χ1v) is 6.23. The van der Waals surface area contributed by atoms with Gasteiger partial charge in [0, 0.05) is 19.1 Å². The van der Waals surface area contributed by atoms with Crippen molar-refractivity contribution in [3.63, 3.8) is 0 Å². The molecule has 4 atom stereocenters. The molecule has 0 spiro atoms. The molecule has 2 nitrogen and oxygen atoms in total. The lowest BCUT2D eigenvalue weighted by Crippen LogP contribution is -2.33. The van der Waals surface area contributed by atoms with Crippen LogP contribution in [0.15, 0.2) is 42.5 Å². The highest BCUT2D eigenvalue weighted by Crippen LogP contribution is 2.40. The summed E-state index contributed by atoms with van der Waals surface area (Å²) >= 11 is 0. The van der Waals surface area contributed by atoms with Crippen LogP contribution >= 0.6 is 0 Å². The highest BCUT2D eigenvalue weighted by atomic mass is 16.3. The van der Waals surface area contributed by atoms with Gasteiger partial charge in [-0.2, -0.15) is 0 Å². The van der Waals surface area contributed by atoms with Gasteiger partial charge in [0.15, 0.2) is 0 Å². The van der Waals surface area contributed by atoms with Crippen molar-refractivity contribution in [1.82, 2.24) is 0 Å². The Hall–Kier alpha value is -1.12. The van der Waals surface area contributed by atoms with Crippen molar-refractivity contribution in [1.29, 1.82) is 0 Å². The van der Waals surface area contributed by atoms with E-state index in [0.29, 0.717) is 11.8 Å². The van der Waals surface area contributed by atoms with Crippen molar-refractivity contribution in [2.45, 2.75) is 12.8 Å². The molecule has 2 rings (SSSR count). The monoisotopic (exact) mass is 232 g/mol. The van der Waals surface area contributed by atoms with Crippen molar-refractivity contribution in [2.75, 3.05) is 13.2 Å². The number of aliphatic hydroxyl groups is 2. The molecule has 1 aromatic rings. The minimum atomic E-state index is 0.0707.